The third kappa shape index (κ3) is 2.96. The Morgan fingerprint density at radius 2 is 2.06 bits per heavy atom. The lowest BCUT2D eigenvalue weighted by molar-refractivity contribution is 0.105. The van der Waals surface area contributed by atoms with Gasteiger partial charge in [0.25, 0.3) is 0 Å². The first-order chi connectivity index (χ1) is 7.58. The summed E-state index contributed by atoms with van der Waals surface area (Å²) in [5.41, 5.74) is 3.39. The molecule has 0 aliphatic carbocycles. The zero-order valence-corrected chi connectivity index (χ0v) is 9.49. The number of hydrogen-bond acceptors (Lipinski definition) is 4. The first-order valence-corrected chi connectivity index (χ1v) is 5.12. The number of nitrogens with zero attached hydrogens (tertiary/aromatic N) is 1. The fourth-order valence-corrected chi connectivity index (χ4v) is 1.46. The van der Waals surface area contributed by atoms with E-state index in [1.54, 1.807) is 6.07 Å². The molecule has 4 nitrogen and oxygen atoms in total. The maximum Gasteiger partial charge on any atom is 0.0995 e. The zero-order valence-electron chi connectivity index (χ0n) is 9.49. The molecule has 0 spiro atoms. The average Bonchev–Trinajstić information content (AvgIpc) is 2.27. The van der Waals surface area contributed by atoms with Crippen LogP contribution in [0.15, 0.2) is 12.1 Å². The zero-order chi connectivity index (χ0) is 12.1. The first kappa shape index (κ1) is 12.5. The lowest BCUT2D eigenvalue weighted by atomic mass is 10.0. The summed E-state index contributed by atoms with van der Waals surface area (Å²) >= 11 is 0. The van der Waals surface area contributed by atoms with Crippen molar-refractivity contribution in [1.82, 2.24) is 0 Å². The van der Waals surface area contributed by atoms with E-state index in [-0.39, 0.29) is 13.2 Å². The predicted octanol–water partition coefficient (Wildman–Crippen LogP) is 0.940. The fourth-order valence-electron chi connectivity index (χ4n) is 1.46. The molecule has 0 aliphatic rings. The van der Waals surface area contributed by atoms with Crippen molar-refractivity contribution in [2.45, 2.75) is 20.0 Å². The second kappa shape index (κ2) is 5.50. The fraction of sp³-hybridized carbons (Fsp3) is 0.417. The Morgan fingerprint density at radius 1 is 1.38 bits per heavy atom. The Hall–Kier alpha value is -1.57. The molecule has 4 heteroatoms. The Kier molecular flexibility index (Phi) is 4.29. The topological polar surface area (TPSA) is 76.3 Å². The summed E-state index contributed by atoms with van der Waals surface area (Å²) in [5.74, 6) is 0. The highest BCUT2D eigenvalue weighted by molar-refractivity contribution is 5.57. The van der Waals surface area contributed by atoms with Crippen molar-refractivity contribution < 1.29 is 10.2 Å². The number of aryl methyl sites for hydroxylation is 2. The molecule has 0 radical (unpaired) electrons. The number of aliphatic hydroxyl groups is 2. The average molecular weight is 220 g/mol. The summed E-state index contributed by atoms with van der Waals surface area (Å²) < 4.78 is 0. The van der Waals surface area contributed by atoms with E-state index >= 15 is 0 Å². The second-order valence-corrected chi connectivity index (χ2v) is 3.81. The highest BCUT2D eigenvalue weighted by atomic mass is 16.3. The van der Waals surface area contributed by atoms with Gasteiger partial charge in [0.05, 0.1) is 24.3 Å². The second-order valence-electron chi connectivity index (χ2n) is 3.81. The van der Waals surface area contributed by atoms with Crippen LogP contribution in [0.25, 0.3) is 0 Å². The predicted molar refractivity (Wildman–Crippen MR) is 62.2 cm³/mol. The van der Waals surface area contributed by atoms with E-state index < -0.39 is 6.10 Å². The van der Waals surface area contributed by atoms with Gasteiger partial charge in [0.1, 0.15) is 0 Å². The van der Waals surface area contributed by atoms with Gasteiger partial charge in [-0.05, 0) is 31.0 Å². The molecule has 1 aromatic rings. The molecule has 0 aliphatic heterocycles. The van der Waals surface area contributed by atoms with Gasteiger partial charge in [-0.15, -0.1) is 0 Å². The third-order valence-electron chi connectivity index (χ3n) is 2.43. The van der Waals surface area contributed by atoms with Crippen LogP contribution in [0.5, 0.6) is 0 Å². The molecule has 1 aromatic carbocycles. The van der Waals surface area contributed by atoms with Crippen LogP contribution in [0.3, 0.4) is 0 Å². The van der Waals surface area contributed by atoms with E-state index in [9.17, 15) is 5.11 Å². The molecule has 0 amide bonds. The highest BCUT2D eigenvalue weighted by Gasteiger charge is 2.06. The molecule has 1 unspecified atom stereocenters. The molecule has 0 saturated carbocycles. The number of hydrogen-bond donors (Lipinski definition) is 3. The van der Waals surface area contributed by atoms with E-state index in [2.05, 4.69) is 11.4 Å². The molecular formula is C12H16N2O2. The Balaban J connectivity index is 2.84. The van der Waals surface area contributed by atoms with Gasteiger partial charge in [-0.1, -0.05) is 6.07 Å². The van der Waals surface area contributed by atoms with Gasteiger partial charge in [-0.25, -0.2) is 0 Å². The van der Waals surface area contributed by atoms with Gasteiger partial charge in [0, 0.05) is 12.2 Å². The van der Waals surface area contributed by atoms with E-state index in [0.29, 0.717) is 5.56 Å². The molecule has 0 saturated heterocycles. The normalized spacial score (nSPS) is 11.9. The standard InChI is InChI=1S/C12H16N2O2/c1-8-3-9(2)12(4-10(8)5-13)14-6-11(16)7-15/h3-4,11,14-16H,6-7H2,1-2H3. The lowest BCUT2D eigenvalue weighted by Crippen LogP contribution is -2.23. The van der Waals surface area contributed by atoms with Gasteiger partial charge in [-0.3, -0.25) is 0 Å². The van der Waals surface area contributed by atoms with Crippen molar-refractivity contribution in [3.05, 3.63) is 28.8 Å². The number of anilines is 1. The SMILES string of the molecule is Cc1cc(C)c(NCC(O)CO)cc1C#N. The molecule has 0 aromatic heterocycles. The van der Waals surface area contributed by atoms with Crippen LogP contribution in [-0.2, 0) is 0 Å². The Morgan fingerprint density at radius 3 is 2.62 bits per heavy atom. The van der Waals surface area contributed by atoms with Crippen LogP contribution in [0.2, 0.25) is 0 Å². The minimum absolute atomic E-state index is 0.269. The molecule has 3 N–H and O–H groups in total. The Bertz CT molecular complexity index is 410. The van der Waals surface area contributed by atoms with Crippen LogP contribution in [0.4, 0.5) is 5.69 Å². The van der Waals surface area contributed by atoms with Crippen molar-refractivity contribution in [2.75, 3.05) is 18.5 Å². The van der Waals surface area contributed by atoms with Gasteiger partial charge in [0.15, 0.2) is 0 Å². The van der Waals surface area contributed by atoms with Crippen molar-refractivity contribution >= 4 is 5.69 Å². The minimum Gasteiger partial charge on any atom is -0.394 e. The van der Waals surface area contributed by atoms with Crippen LogP contribution in [0.1, 0.15) is 16.7 Å². The lowest BCUT2D eigenvalue weighted by Gasteiger charge is -2.13. The number of aliphatic hydroxyl groups excluding tert-OH is 2. The molecule has 1 atom stereocenters. The largest absolute Gasteiger partial charge is 0.394 e. The van der Waals surface area contributed by atoms with Gasteiger partial charge < -0.3 is 15.5 Å². The smallest absolute Gasteiger partial charge is 0.0995 e. The third-order valence-corrected chi connectivity index (χ3v) is 2.43. The van der Waals surface area contributed by atoms with Crippen molar-refractivity contribution in [3.63, 3.8) is 0 Å². The monoisotopic (exact) mass is 220 g/mol. The number of rotatable bonds is 4. The van der Waals surface area contributed by atoms with E-state index in [4.69, 9.17) is 10.4 Å². The maximum atomic E-state index is 9.21. The number of benzene rings is 1. The molecule has 86 valence electrons. The molecule has 0 bridgehead atoms. The van der Waals surface area contributed by atoms with Crippen LogP contribution in [0, 0.1) is 25.2 Å². The summed E-state index contributed by atoms with van der Waals surface area (Å²) in [6.45, 7) is 3.81. The van der Waals surface area contributed by atoms with Crippen molar-refractivity contribution in [2.24, 2.45) is 0 Å². The minimum atomic E-state index is -0.786. The summed E-state index contributed by atoms with van der Waals surface area (Å²) in [6, 6.07) is 5.79. The summed E-state index contributed by atoms with van der Waals surface area (Å²) in [5, 5.41) is 29.8. The van der Waals surface area contributed by atoms with Gasteiger partial charge >= 0.3 is 0 Å². The van der Waals surface area contributed by atoms with Gasteiger partial charge in [0.2, 0.25) is 0 Å². The first-order valence-electron chi connectivity index (χ1n) is 5.12. The van der Waals surface area contributed by atoms with E-state index in [1.807, 2.05) is 19.9 Å². The van der Waals surface area contributed by atoms with Crippen LogP contribution in [-0.4, -0.2) is 29.5 Å². The molecule has 0 heterocycles. The summed E-state index contributed by atoms with van der Waals surface area (Å²) in [4.78, 5) is 0. The molecule has 1 rings (SSSR count). The molecule has 0 fully saturated rings. The van der Waals surface area contributed by atoms with Crippen LogP contribution < -0.4 is 5.32 Å². The van der Waals surface area contributed by atoms with Crippen molar-refractivity contribution in [3.8, 4) is 6.07 Å². The maximum absolute atomic E-state index is 9.21. The molecule has 16 heavy (non-hydrogen) atoms. The summed E-state index contributed by atoms with van der Waals surface area (Å²) in [7, 11) is 0. The molecular weight excluding hydrogens is 204 g/mol. The highest BCUT2D eigenvalue weighted by Crippen LogP contribution is 2.19. The van der Waals surface area contributed by atoms with E-state index in [0.717, 1.165) is 16.8 Å². The summed E-state index contributed by atoms with van der Waals surface area (Å²) in [6.07, 6.45) is -0.786. The van der Waals surface area contributed by atoms with Crippen molar-refractivity contribution in [1.29, 1.82) is 5.26 Å². The Labute approximate surface area is 95.2 Å². The number of nitrogens with one attached hydrogen (secondary N) is 1. The van der Waals surface area contributed by atoms with E-state index in [1.165, 1.54) is 0 Å². The van der Waals surface area contributed by atoms with Crippen LogP contribution >= 0.6 is 0 Å². The quantitative estimate of drug-likeness (QED) is 0.705. The van der Waals surface area contributed by atoms with Gasteiger partial charge in [-0.2, -0.15) is 5.26 Å². The number of nitriles is 1.